The average molecular weight is 450 g/mol. The Bertz CT molecular complexity index is 949. The number of hydrogen-bond donors (Lipinski definition) is 1. The molecule has 2 aliphatic rings. The molecular weight excluding hydrogens is 425 g/mol. The minimum absolute atomic E-state index is 0.0591. The second-order valence-electron chi connectivity index (χ2n) is 7.90. The van der Waals surface area contributed by atoms with Crippen LogP contribution in [0.2, 0.25) is 0 Å². The van der Waals surface area contributed by atoms with E-state index in [1.807, 2.05) is 30.0 Å². The molecule has 0 aromatic heterocycles. The van der Waals surface area contributed by atoms with Crippen LogP contribution in [0.4, 0.5) is 18.0 Å². The quantitative estimate of drug-likeness (QED) is 0.696. The van der Waals surface area contributed by atoms with Gasteiger partial charge >= 0.3 is 12.2 Å². The van der Waals surface area contributed by atoms with Crippen LogP contribution in [0.5, 0.6) is 17.2 Å². The van der Waals surface area contributed by atoms with Crippen molar-refractivity contribution in [2.45, 2.75) is 38.0 Å². The van der Waals surface area contributed by atoms with E-state index in [-0.39, 0.29) is 23.9 Å². The Morgan fingerprint density at radius 2 is 1.88 bits per heavy atom. The topological polar surface area (TPSA) is 60.0 Å². The normalized spacial score (nSPS) is 18.9. The van der Waals surface area contributed by atoms with E-state index in [1.165, 1.54) is 12.1 Å². The summed E-state index contributed by atoms with van der Waals surface area (Å²) in [6.45, 7) is 2.16. The van der Waals surface area contributed by atoms with Gasteiger partial charge in [-0.25, -0.2) is 4.79 Å². The number of fused-ring (bicyclic) bond motifs is 1. The van der Waals surface area contributed by atoms with Crippen molar-refractivity contribution >= 4 is 6.03 Å². The van der Waals surface area contributed by atoms with Crippen LogP contribution in [0, 0.1) is 0 Å². The van der Waals surface area contributed by atoms with E-state index in [2.05, 4.69) is 5.32 Å². The highest BCUT2D eigenvalue weighted by molar-refractivity contribution is 5.75. The number of likely N-dealkylation sites (tertiary alicyclic amines) is 1. The number of halogens is 3. The lowest BCUT2D eigenvalue weighted by Crippen LogP contribution is -2.40. The van der Waals surface area contributed by atoms with Gasteiger partial charge < -0.3 is 24.4 Å². The molecule has 2 amide bonds. The number of nitrogens with zero attached hydrogens (tertiary/aromatic N) is 1. The van der Waals surface area contributed by atoms with Crippen LogP contribution < -0.4 is 19.5 Å². The summed E-state index contributed by atoms with van der Waals surface area (Å²) in [6, 6.07) is 11.5. The predicted molar refractivity (Wildman–Crippen MR) is 111 cm³/mol. The van der Waals surface area contributed by atoms with Crippen molar-refractivity contribution in [3.8, 4) is 17.2 Å². The van der Waals surface area contributed by atoms with Crippen LogP contribution in [0.1, 0.15) is 43.0 Å². The molecule has 2 heterocycles. The molecule has 2 unspecified atom stereocenters. The number of rotatable bonds is 5. The van der Waals surface area contributed by atoms with Crippen molar-refractivity contribution in [2.24, 2.45) is 0 Å². The van der Waals surface area contributed by atoms with Crippen LogP contribution >= 0.6 is 0 Å². The summed E-state index contributed by atoms with van der Waals surface area (Å²) in [6.07, 6.45) is -2.64. The average Bonchev–Trinajstić information content (AvgIpc) is 3.27. The number of hydrogen-bond acceptors (Lipinski definition) is 4. The fourth-order valence-electron chi connectivity index (χ4n) is 3.99. The Kier molecular flexibility index (Phi) is 6.34. The molecule has 6 nitrogen and oxygen atoms in total. The third-order valence-electron chi connectivity index (χ3n) is 5.59. The van der Waals surface area contributed by atoms with E-state index in [4.69, 9.17) is 14.2 Å². The molecule has 0 aliphatic carbocycles. The third-order valence-corrected chi connectivity index (χ3v) is 5.59. The standard InChI is InChI=1S/C23H25F3N2O4/c1-15(16-4-7-18(8-5-16)32-14-23(24,25)26)27-22(29)28-10-2-3-19(28)17-6-9-20-21(13-17)31-12-11-30-20/h4-9,13,15,19H,2-3,10-12,14H2,1H3,(H,27,29). The van der Waals surface area contributed by atoms with Gasteiger partial charge in [0, 0.05) is 6.54 Å². The number of ether oxygens (including phenoxy) is 3. The number of carbonyl (C=O) groups is 1. The number of nitrogens with one attached hydrogen (secondary N) is 1. The highest BCUT2D eigenvalue weighted by Crippen LogP contribution is 2.38. The fourth-order valence-corrected chi connectivity index (χ4v) is 3.99. The highest BCUT2D eigenvalue weighted by atomic mass is 19.4. The summed E-state index contributed by atoms with van der Waals surface area (Å²) in [5.41, 5.74) is 1.77. The summed E-state index contributed by atoms with van der Waals surface area (Å²) >= 11 is 0. The summed E-state index contributed by atoms with van der Waals surface area (Å²) < 4.78 is 52.8. The maximum atomic E-state index is 13.0. The maximum Gasteiger partial charge on any atom is 0.422 e. The van der Waals surface area contributed by atoms with Gasteiger partial charge in [0.05, 0.1) is 12.1 Å². The first-order valence-electron chi connectivity index (χ1n) is 10.6. The molecule has 0 bridgehead atoms. The molecule has 4 rings (SSSR count). The summed E-state index contributed by atoms with van der Waals surface area (Å²) in [5.74, 6) is 1.54. The van der Waals surface area contributed by atoms with E-state index in [0.717, 1.165) is 24.0 Å². The molecule has 1 saturated heterocycles. The molecule has 2 aromatic carbocycles. The van der Waals surface area contributed by atoms with Gasteiger partial charge in [0.25, 0.3) is 0 Å². The van der Waals surface area contributed by atoms with Gasteiger partial charge in [0.2, 0.25) is 0 Å². The summed E-state index contributed by atoms with van der Waals surface area (Å²) in [7, 11) is 0. The Labute approximate surface area is 184 Å². The monoisotopic (exact) mass is 450 g/mol. The Hall–Kier alpha value is -3.10. The van der Waals surface area contributed by atoms with E-state index in [1.54, 1.807) is 12.1 Å². The predicted octanol–water partition coefficient (Wildman–Crippen LogP) is 5.01. The minimum Gasteiger partial charge on any atom is -0.486 e. The molecule has 0 saturated carbocycles. The van der Waals surface area contributed by atoms with E-state index >= 15 is 0 Å². The summed E-state index contributed by atoms with van der Waals surface area (Å²) in [4.78, 5) is 14.8. The van der Waals surface area contributed by atoms with Crippen LogP contribution in [0.3, 0.4) is 0 Å². The molecule has 2 atom stereocenters. The van der Waals surface area contributed by atoms with Crippen molar-refractivity contribution in [2.75, 3.05) is 26.4 Å². The minimum atomic E-state index is -4.39. The molecule has 0 radical (unpaired) electrons. The molecular formula is C23H25F3N2O4. The first-order chi connectivity index (χ1) is 15.3. The number of urea groups is 1. The van der Waals surface area contributed by atoms with Gasteiger partial charge in [-0.2, -0.15) is 13.2 Å². The molecule has 9 heteroatoms. The fraction of sp³-hybridized carbons (Fsp3) is 0.435. The van der Waals surface area contributed by atoms with Gasteiger partial charge in [-0.05, 0) is 55.2 Å². The lowest BCUT2D eigenvalue weighted by molar-refractivity contribution is -0.153. The zero-order valence-corrected chi connectivity index (χ0v) is 17.7. The van der Waals surface area contributed by atoms with Crippen molar-refractivity contribution < 1.29 is 32.2 Å². The van der Waals surface area contributed by atoms with Crippen molar-refractivity contribution in [3.63, 3.8) is 0 Å². The number of alkyl halides is 3. The zero-order valence-electron chi connectivity index (χ0n) is 17.7. The first kappa shape index (κ1) is 22.1. The molecule has 32 heavy (non-hydrogen) atoms. The zero-order chi connectivity index (χ0) is 22.7. The largest absolute Gasteiger partial charge is 0.486 e. The SMILES string of the molecule is CC(NC(=O)N1CCCC1c1ccc2c(c1)OCCO2)c1ccc(OCC(F)(F)F)cc1. The second kappa shape index (κ2) is 9.18. The van der Waals surface area contributed by atoms with Crippen LogP contribution in [-0.4, -0.2) is 43.5 Å². The van der Waals surface area contributed by atoms with Crippen LogP contribution in [-0.2, 0) is 0 Å². The van der Waals surface area contributed by atoms with Crippen LogP contribution in [0.15, 0.2) is 42.5 Å². The van der Waals surface area contributed by atoms with Gasteiger partial charge in [-0.1, -0.05) is 18.2 Å². The lowest BCUT2D eigenvalue weighted by Gasteiger charge is -2.28. The van der Waals surface area contributed by atoms with E-state index in [0.29, 0.717) is 31.3 Å². The Balaban J connectivity index is 1.38. The smallest absolute Gasteiger partial charge is 0.422 e. The van der Waals surface area contributed by atoms with Gasteiger partial charge in [-0.15, -0.1) is 0 Å². The Morgan fingerprint density at radius 3 is 2.59 bits per heavy atom. The number of benzene rings is 2. The van der Waals surface area contributed by atoms with Gasteiger partial charge in [0.1, 0.15) is 19.0 Å². The molecule has 2 aliphatic heterocycles. The van der Waals surface area contributed by atoms with E-state index in [9.17, 15) is 18.0 Å². The molecule has 1 fully saturated rings. The molecule has 172 valence electrons. The Morgan fingerprint density at radius 1 is 1.16 bits per heavy atom. The van der Waals surface area contributed by atoms with Crippen molar-refractivity contribution in [1.29, 1.82) is 0 Å². The highest BCUT2D eigenvalue weighted by Gasteiger charge is 2.32. The van der Waals surface area contributed by atoms with Crippen molar-refractivity contribution in [3.05, 3.63) is 53.6 Å². The van der Waals surface area contributed by atoms with E-state index < -0.39 is 12.8 Å². The van der Waals surface area contributed by atoms with Crippen LogP contribution in [0.25, 0.3) is 0 Å². The molecule has 2 aromatic rings. The molecule has 1 N–H and O–H groups in total. The number of amides is 2. The first-order valence-corrected chi connectivity index (χ1v) is 10.6. The molecule has 0 spiro atoms. The summed E-state index contributed by atoms with van der Waals surface area (Å²) in [5, 5.41) is 2.99. The maximum absolute atomic E-state index is 13.0. The third kappa shape index (κ3) is 5.20. The van der Waals surface area contributed by atoms with Gasteiger partial charge in [-0.3, -0.25) is 0 Å². The van der Waals surface area contributed by atoms with Gasteiger partial charge in [0.15, 0.2) is 18.1 Å². The lowest BCUT2D eigenvalue weighted by atomic mass is 10.0. The second-order valence-corrected chi connectivity index (χ2v) is 7.90. The van der Waals surface area contributed by atoms with Crippen molar-refractivity contribution in [1.82, 2.24) is 10.2 Å². The number of carbonyl (C=O) groups excluding carboxylic acids is 1.